The monoisotopic (exact) mass is 370 g/mol. The fraction of sp³-hybridized carbons (Fsp3) is 0.579. The average molecular weight is 370 g/mol. The van der Waals surface area contributed by atoms with E-state index in [0.29, 0.717) is 13.2 Å². The highest BCUT2D eigenvalue weighted by atomic mass is 16.5. The van der Waals surface area contributed by atoms with Crippen molar-refractivity contribution in [3.8, 4) is 5.82 Å². The molecule has 2 aliphatic rings. The van der Waals surface area contributed by atoms with Crippen LogP contribution in [-0.4, -0.2) is 70.2 Å². The Balaban J connectivity index is 1.37. The highest BCUT2D eigenvalue weighted by molar-refractivity contribution is 5.79. The van der Waals surface area contributed by atoms with Gasteiger partial charge in [0.05, 0.1) is 5.69 Å². The number of hydrogen-bond acceptors (Lipinski definition) is 6. The number of rotatable bonds is 3. The van der Waals surface area contributed by atoms with Crippen molar-refractivity contribution in [1.82, 2.24) is 24.9 Å². The summed E-state index contributed by atoms with van der Waals surface area (Å²) in [5, 5.41) is 13.2. The smallest absolute Gasteiger partial charge is 0.225 e. The Morgan fingerprint density at radius 3 is 2.30 bits per heavy atom. The van der Waals surface area contributed by atoms with Gasteiger partial charge in [-0.05, 0) is 44.9 Å². The summed E-state index contributed by atoms with van der Waals surface area (Å²) in [6.07, 6.45) is 1.69. The zero-order valence-electron chi connectivity index (χ0n) is 16.0. The van der Waals surface area contributed by atoms with E-state index < -0.39 is 0 Å². The first-order valence-corrected chi connectivity index (χ1v) is 9.60. The number of hydrogen-bond donors (Lipinski definition) is 0. The van der Waals surface area contributed by atoms with Gasteiger partial charge in [0, 0.05) is 51.0 Å². The molecule has 2 aliphatic heterocycles. The molecule has 0 aliphatic carbocycles. The third kappa shape index (κ3) is 3.80. The molecular formula is C19H26N6O2. The second-order valence-corrected chi connectivity index (χ2v) is 7.29. The number of anilines is 1. The van der Waals surface area contributed by atoms with Crippen molar-refractivity contribution in [3.05, 3.63) is 29.6 Å². The Labute approximate surface area is 159 Å². The van der Waals surface area contributed by atoms with Gasteiger partial charge in [-0.1, -0.05) is 0 Å². The lowest BCUT2D eigenvalue weighted by atomic mass is 9.98. The van der Waals surface area contributed by atoms with Gasteiger partial charge in [0.25, 0.3) is 0 Å². The van der Waals surface area contributed by atoms with Crippen LogP contribution in [-0.2, 0) is 9.53 Å². The first kappa shape index (κ1) is 17.9. The predicted molar refractivity (Wildman–Crippen MR) is 101 cm³/mol. The molecule has 2 aromatic rings. The molecule has 2 saturated heterocycles. The van der Waals surface area contributed by atoms with Gasteiger partial charge in [-0.2, -0.15) is 5.10 Å². The van der Waals surface area contributed by atoms with E-state index in [-0.39, 0.29) is 11.8 Å². The number of amides is 1. The van der Waals surface area contributed by atoms with E-state index in [2.05, 4.69) is 20.2 Å². The van der Waals surface area contributed by atoms with Crippen molar-refractivity contribution >= 4 is 11.7 Å². The lowest BCUT2D eigenvalue weighted by Gasteiger charge is -2.37. The van der Waals surface area contributed by atoms with Gasteiger partial charge in [0.2, 0.25) is 5.91 Å². The summed E-state index contributed by atoms with van der Waals surface area (Å²) in [7, 11) is 0. The molecular weight excluding hydrogens is 344 g/mol. The summed E-state index contributed by atoms with van der Waals surface area (Å²) in [6, 6.07) is 5.94. The van der Waals surface area contributed by atoms with E-state index in [4.69, 9.17) is 4.74 Å². The first-order chi connectivity index (χ1) is 13.1. The first-order valence-electron chi connectivity index (χ1n) is 9.60. The maximum atomic E-state index is 12.6. The van der Waals surface area contributed by atoms with Crippen LogP contribution in [0.5, 0.6) is 0 Å². The molecule has 4 rings (SSSR count). The molecule has 1 amide bonds. The highest BCUT2D eigenvalue weighted by Gasteiger charge is 2.29. The van der Waals surface area contributed by atoms with E-state index in [0.717, 1.165) is 62.0 Å². The molecule has 2 aromatic heterocycles. The van der Waals surface area contributed by atoms with Crippen LogP contribution in [0.15, 0.2) is 18.2 Å². The minimum Gasteiger partial charge on any atom is -0.381 e. The average Bonchev–Trinajstić information content (AvgIpc) is 3.06. The van der Waals surface area contributed by atoms with Crippen molar-refractivity contribution in [2.24, 2.45) is 5.92 Å². The topological polar surface area (TPSA) is 76.4 Å². The number of nitrogens with zero attached hydrogens (tertiary/aromatic N) is 6. The third-order valence-electron chi connectivity index (χ3n) is 5.35. The standard InChI is InChI=1S/C19H26N6O2/c1-14-13-15(2)25(22-14)18-4-3-17(20-21-18)23-7-9-24(10-8-23)19(26)16-5-11-27-12-6-16/h3-4,13,16H,5-12H2,1-2H3. The van der Waals surface area contributed by atoms with Gasteiger partial charge in [-0.25, -0.2) is 4.68 Å². The summed E-state index contributed by atoms with van der Waals surface area (Å²) in [6.45, 7) is 8.40. The van der Waals surface area contributed by atoms with Crippen LogP contribution in [0.4, 0.5) is 5.82 Å². The molecule has 0 saturated carbocycles. The van der Waals surface area contributed by atoms with Crippen molar-refractivity contribution in [2.45, 2.75) is 26.7 Å². The van der Waals surface area contributed by atoms with Crippen LogP contribution >= 0.6 is 0 Å². The number of ether oxygens (including phenoxy) is 1. The molecule has 0 aromatic carbocycles. The van der Waals surface area contributed by atoms with Gasteiger partial charge >= 0.3 is 0 Å². The molecule has 2 fully saturated rings. The molecule has 144 valence electrons. The van der Waals surface area contributed by atoms with Crippen molar-refractivity contribution in [1.29, 1.82) is 0 Å². The highest BCUT2D eigenvalue weighted by Crippen LogP contribution is 2.20. The Bertz CT molecular complexity index is 789. The minimum absolute atomic E-state index is 0.130. The maximum absolute atomic E-state index is 12.6. The van der Waals surface area contributed by atoms with Crippen molar-refractivity contribution < 1.29 is 9.53 Å². The summed E-state index contributed by atoms with van der Waals surface area (Å²) in [5.74, 6) is 1.98. The Morgan fingerprint density at radius 2 is 1.70 bits per heavy atom. The summed E-state index contributed by atoms with van der Waals surface area (Å²) < 4.78 is 7.16. The summed E-state index contributed by atoms with van der Waals surface area (Å²) >= 11 is 0. The third-order valence-corrected chi connectivity index (χ3v) is 5.35. The molecule has 4 heterocycles. The van der Waals surface area contributed by atoms with Crippen LogP contribution in [0.2, 0.25) is 0 Å². The van der Waals surface area contributed by atoms with Gasteiger partial charge in [-0.3, -0.25) is 4.79 Å². The normalized spacial score (nSPS) is 18.7. The fourth-order valence-corrected chi connectivity index (χ4v) is 3.82. The Kier molecular flexibility index (Phi) is 5.07. The van der Waals surface area contributed by atoms with E-state index in [1.165, 1.54) is 0 Å². The van der Waals surface area contributed by atoms with E-state index in [1.807, 2.05) is 36.9 Å². The zero-order valence-corrected chi connectivity index (χ0v) is 16.0. The lowest BCUT2D eigenvalue weighted by molar-refractivity contribution is -0.138. The fourth-order valence-electron chi connectivity index (χ4n) is 3.82. The Hall–Kier alpha value is -2.48. The van der Waals surface area contributed by atoms with Gasteiger partial charge < -0.3 is 14.5 Å². The quantitative estimate of drug-likeness (QED) is 0.812. The second-order valence-electron chi connectivity index (χ2n) is 7.29. The van der Waals surface area contributed by atoms with Crippen molar-refractivity contribution in [3.63, 3.8) is 0 Å². The number of piperazine rings is 1. The molecule has 0 N–H and O–H groups in total. The predicted octanol–water partition coefficient (Wildman–Crippen LogP) is 1.35. The van der Waals surface area contributed by atoms with Gasteiger partial charge in [0.15, 0.2) is 11.6 Å². The number of aromatic nitrogens is 4. The SMILES string of the molecule is Cc1cc(C)n(-c2ccc(N3CCN(C(=O)C4CCOCC4)CC3)nn2)n1. The van der Waals surface area contributed by atoms with Crippen LogP contribution < -0.4 is 4.90 Å². The maximum Gasteiger partial charge on any atom is 0.225 e. The van der Waals surface area contributed by atoms with E-state index in [9.17, 15) is 4.79 Å². The van der Waals surface area contributed by atoms with Crippen LogP contribution in [0.3, 0.4) is 0 Å². The van der Waals surface area contributed by atoms with Crippen LogP contribution in [0, 0.1) is 19.8 Å². The number of carbonyl (C=O) groups is 1. The van der Waals surface area contributed by atoms with Gasteiger partial charge in [0.1, 0.15) is 0 Å². The summed E-state index contributed by atoms with van der Waals surface area (Å²) in [5.41, 5.74) is 2.00. The number of aryl methyl sites for hydroxylation is 2. The zero-order chi connectivity index (χ0) is 18.8. The molecule has 0 unspecified atom stereocenters. The lowest BCUT2D eigenvalue weighted by Crippen LogP contribution is -2.51. The van der Waals surface area contributed by atoms with Crippen LogP contribution in [0.1, 0.15) is 24.2 Å². The van der Waals surface area contributed by atoms with Crippen molar-refractivity contribution in [2.75, 3.05) is 44.3 Å². The van der Waals surface area contributed by atoms with E-state index >= 15 is 0 Å². The van der Waals surface area contributed by atoms with E-state index in [1.54, 1.807) is 4.68 Å². The molecule has 0 bridgehead atoms. The molecule has 0 radical (unpaired) electrons. The second kappa shape index (κ2) is 7.64. The minimum atomic E-state index is 0.130. The molecule has 8 nitrogen and oxygen atoms in total. The molecule has 8 heteroatoms. The molecule has 0 spiro atoms. The van der Waals surface area contributed by atoms with Gasteiger partial charge in [-0.15, -0.1) is 10.2 Å². The molecule has 27 heavy (non-hydrogen) atoms. The summed E-state index contributed by atoms with van der Waals surface area (Å²) in [4.78, 5) is 16.8. The van der Waals surface area contributed by atoms with Crippen LogP contribution in [0.25, 0.3) is 5.82 Å². The molecule has 0 atom stereocenters. The number of carbonyl (C=O) groups excluding carboxylic acids is 1. The largest absolute Gasteiger partial charge is 0.381 e. The Morgan fingerprint density at radius 1 is 1.04 bits per heavy atom.